The Labute approximate surface area is 312 Å². The molecule has 2 heterocycles. The minimum absolute atomic E-state index is 0.696. The average Bonchev–Trinajstić information content (AvgIpc) is 3.62. The van der Waals surface area contributed by atoms with Gasteiger partial charge in [-0.3, -0.25) is 0 Å². The molecule has 0 fully saturated rings. The Hall–Kier alpha value is -6.68. The lowest BCUT2D eigenvalue weighted by Gasteiger charge is -2.14. The van der Waals surface area contributed by atoms with Crippen LogP contribution in [0.25, 0.3) is 98.2 Å². The molecule has 248 valence electrons. The normalized spacial score (nSPS) is 11.4. The van der Waals surface area contributed by atoms with E-state index >= 15 is 0 Å². The molecule has 0 amide bonds. The Morgan fingerprint density at radius 3 is 1.70 bits per heavy atom. The summed E-state index contributed by atoms with van der Waals surface area (Å²) >= 11 is 1.85. The van der Waals surface area contributed by atoms with E-state index in [0.29, 0.717) is 5.82 Å². The van der Waals surface area contributed by atoms with Crippen LogP contribution in [0.5, 0.6) is 0 Å². The number of nitrogens with zero attached hydrogens (tertiary/aromatic N) is 2. The van der Waals surface area contributed by atoms with E-state index in [-0.39, 0.29) is 0 Å². The third kappa shape index (κ3) is 5.87. The molecule has 10 rings (SSSR count). The summed E-state index contributed by atoms with van der Waals surface area (Å²) in [5.74, 6) is 0.696. The van der Waals surface area contributed by atoms with Crippen molar-refractivity contribution in [1.82, 2.24) is 9.97 Å². The molecule has 0 atom stereocenters. The molecule has 2 aromatic heterocycles. The minimum atomic E-state index is 0.696. The molecule has 0 bridgehead atoms. The zero-order valence-electron chi connectivity index (χ0n) is 28.8. The average molecular weight is 693 g/mol. The van der Waals surface area contributed by atoms with Gasteiger partial charge in [0.15, 0.2) is 5.82 Å². The first-order chi connectivity index (χ1) is 26.2. The Balaban J connectivity index is 1.16. The molecule has 0 saturated carbocycles. The lowest BCUT2D eigenvalue weighted by Crippen LogP contribution is -1.97. The number of rotatable bonds is 6. The highest BCUT2D eigenvalue weighted by Crippen LogP contribution is 2.39. The quantitative estimate of drug-likeness (QED) is 0.173. The second-order valence-electron chi connectivity index (χ2n) is 13.4. The standard InChI is InChI=1S/C50H32N2S/c1-3-13-33(14-4-1)39-28-40(36-25-26-45-44-22-9-10-24-48(44)53-49(45)31-36)30-41(29-39)47-32-46(35-16-5-2-6-17-35)51-50(52-47)38-20-11-19-37(27-38)43-23-12-18-34-15-7-8-21-42(34)43/h1-32H. The predicted octanol–water partition coefficient (Wildman–Crippen LogP) is 14.0. The molecule has 53 heavy (non-hydrogen) atoms. The summed E-state index contributed by atoms with van der Waals surface area (Å²) < 4.78 is 2.60. The topological polar surface area (TPSA) is 25.8 Å². The van der Waals surface area contributed by atoms with Crippen LogP contribution in [0.15, 0.2) is 194 Å². The summed E-state index contributed by atoms with van der Waals surface area (Å²) in [5.41, 5.74) is 11.8. The summed E-state index contributed by atoms with van der Waals surface area (Å²) in [6, 6.07) is 69.3. The van der Waals surface area contributed by atoms with Crippen LogP contribution in [0, 0.1) is 0 Å². The molecular formula is C50H32N2S. The molecule has 2 nitrogen and oxygen atoms in total. The summed E-state index contributed by atoms with van der Waals surface area (Å²) in [5, 5.41) is 5.06. The van der Waals surface area contributed by atoms with Crippen molar-refractivity contribution in [2.24, 2.45) is 0 Å². The molecule has 0 saturated heterocycles. The van der Waals surface area contributed by atoms with E-state index in [9.17, 15) is 0 Å². The van der Waals surface area contributed by atoms with E-state index in [1.165, 1.54) is 47.6 Å². The van der Waals surface area contributed by atoms with Crippen molar-refractivity contribution in [2.75, 3.05) is 0 Å². The second kappa shape index (κ2) is 13.1. The van der Waals surface area contributed by atoms with Gasteiger partial charge >= 0.3 is 0 Å². The first-order valence-electron chi connectivity index (χ1n) is 17.9. The SMILES string of the molecule is c1ccc(-c2cc(-c3ccc4c(c3)sc3ccccc34)cc(-c3cc(-c4ccccc4)nc(-c4cccc(-c5cccc6ccccc56)c4)n3)c2)cc1. The zero-order valence-corrected chi connectivity index (χ0v) is 29.6. The largest absolute Gasteiger partial charge is 0.228 e. The maximum absolute atomic E-state index is 5.34. The van der Waals surface area contributed by atoms with Crippen molar-refractivity contribution in [3.63, 3.8) is 0 Å². The number of hydrogen-bond donors (Lipinski definition) is 0. The molecule has 8 aromatic carbocycles. The van der Waals surface area contributed by atoms with Gasteiger partial charge in [-0.05, 0) is 86.6 Å². The van der Waals surface area contributed by atoms with E-state index in [0.717, 1.165) is 44.8 Å². The molecule has 0 aliphatic rings. The Morgan fingerprint density at radius 1 is 0.302 bits per heavy atom. The first-order valence-corrected chi connectivity index (χ1v) is 18.7. The Bertz CT molecular complexity index is 2940. The van der Waals surface area contributed by atoms with E-state index in [2.05, 4.69) is 188 Å². The summed E-state index contributed by atoms with van der Waals surface area (Å²) in [7, 11) is 0. The van der Waals surface area contributed by atoms with Gasteiger partial charge < -0.3 is 0 Å². The first kappa shape index (κ1) is 31.1. The highest BCUT2D eigenvalue weighted by Gasteiger charge is 2.15. The smallest absolute Gasteiger partial charge is 0.160 e. The van der Waals surface area contributed by atoms with Crippen molar-refractivity contribution < 1.29 is 0 Å². The summed E-state index contributed by atoms with van der Waals surface area (Å²) in [4.78, 5) is 10.5. The fourth-order valence-corrected chi connectivity index (χ4v) is 8.57. The Morgan fingerprint density at radius 2 is 0.868 bits per heavy atom. The highest BCUT2D eigenvalue weighted by molar-refractivity contribution is 7.25. The van der Waals surface area contributed by atoms with Crippen LogP contribution < -0.4 is 0 Å². The fourth-order valence-electron chi connectivity index (χ4n) is 7.43. The van der Waals surface area contributed by atoms with Gasteiger partial charge in [0.05, 0.1) is 11.4 Å². The van der Waals surface area contributed by atoms with Crippen LogP contribution >= 0.6 is 11.3 Å². The molecule has 10 aromatic rings. The fraction of sp³-hybridized carbons (Fsp3) is 0. The van der Waals surface area contributed by atoms with E-state index in [1.807, 2.05) is 17.4 Å². The molecular weight excluding hydrogens is 661 g/mol. The van der Waals surface area contributed by atoms with Crippen molar-refractivity contribution in [2.45, 2.75) is 0 Å². The van der Waals surface area contributed by atoms with Crippen LogP contribution in [-0.2, 0) is 0 Å². The number of fused-ring (bicyclic) bond motifs is 4. The zero-order chi connectivity index (χ0) is 35.1. The van der Waals surface area contributed by atoms with Crippen LogP contribution in [-0.4, -0.2) is 9.97 Å². The predicted molar refractivity (Wildman–Crippen MR) is 225 cm³/mol. The van der Waals surface area contributed by atoms with E-state index in [4.69, 9.17) is 9.97 Å². The third-order valence-electron chi connectivity index (χ3n) is 10.1. The molecule has 0 aliphatic heterocycles. The van der Waals surface area contributed by atoms with E-state index < -0.39 is 0 Å². The van der Waals surface area contributed by atoms with Crippen LogP contribution in [0.3, 0.4) is 0 Å². The molecule has 0 aliphatic carbocycles. The van der Waals surface area contributed by atoms with Crippen LogP contribution in [0.2, 0.25) is 0 Å². The lowest BCUT2D eigenvalue weighted by atomic mass is 9.94. The Kier molecular flexibility index (Phi) is 7.71. The molecule has 3 heteroatoms. The van der Waals surface area contributed by atoms with Crippen LogP contribution in [0.1, 0.15) is 0 Å². The minimum Gasteiger partial charge on any atom is -0.228 e. The van der Waals surface area contributed by atoms with Crippen molar-refractivity contribution in [3.8, 4) is 67.3 Å². The maximum Gasteiger partial charge on any atom is 0.160 e. The van der Waals surface area contributed by atoms with Gasteiger partial charge in [0, 0.05) is 36.9 Å². The van der Waals surface area contributed by atoms with Gasteiger partial charge in [0.1, 0.15) is 0 Å². The maximum atomic E-state index is 5.34. The molecule has 0 radical (unpaired) electrons. The van der Waals surface area contributed by atoms with Gasteiger partial charge in [-0.15, -0.1) is 11.3 Å². The monoisotopic (exact) mass is 692 g/mol. The van der Waals surface area contributed by atoms with Gasteiger partial charge in [-0.1, -0.05) is 152 Å². The lowest BCUT2D eigenvalue weighted by molar-refractivity contribution is 1.18. The highest BCUT2D eigenvalue weighted by atomic mass is 32.1. The van der Waals surface area contributed by atoms with Gasteiger partial charge in [0.2, 0.25) is 0 Å². The number of thiophene rings is 1. The van der Waals surface area contributed by atoms with Crippen molar-refractivity contribution in [1.29, 1.82) is 0 Å². The molecule has 0 spiro atoms. The van der Waals surface area contributed by atoms with Gasteiger partial charge in [-0.25, -0.2) is 9.97 Å². The van der Waals surface area contributed by atoms with Crippen LogP contribution in [0.4, 0.5) is 0 Å². The number of hydrogen-bond acceptors (Lipinski definition) is 3. The third-order valence-corrected chi connectivity index (χ3v) is 11.2. The van der Waals surface area contributed by atoms with Crippen molar-refractivity contribution in [3.05, 3.63) is 194 Å². The number of benzene rings is 8. The van der Waals surface area contributed by atoms with Gasteiger partial charge in [0.25, 0.3) is 0 Å². The van der Waals surface area contributed by atoms with Gasteiger partial charge in [-0.2, -0.15) is 0 Å². The number of aromatic nitrogens is 2. The summed E-state index contributed by atoms with van der Waals surface area (Å²) in [6.45, 7) is 0. The second-order valence-corrected chi connectivity index (χ2v) is 14.5. The van der Waals surface area contributed by atoms with E-state index in [1.54, 1.807) is 0 Å². The van der Waals surface area contributed by atoms with Crippen molar-refractivity contribution >= 4 is 42.3 Å². The molecule has 0 unspecified atom stereocenters. The summed E-state index contributed by atoms with van der Waals surface area (Å²) in [6.07, 6.45) is 0. The molecule has 0 N–H and O–H groups in total.